The van der Waals surface area contributed by atoms with Gasteiger partial charge in [0.05, 0.1) is 12.9 Å². The van der Waals surface area contributed by atoms with Crippen LogP contribution >= 0.6 is 11.6 Å². The number of aromatic nitrogens is 4. The van der Waals surface area contributed by atoms with Crippen LogP contribution in [0.25, 0.3) is 11.2 Å². The number of nitrogen functional groups attached to an aromatic ring is 1. The molecule has 2 aromatic heterocycles. The van der Waals surface area contributed by atoms with Crippen LogP contribution in [0.1, 0.15) is 47.8 Å². The van der Waals surface area contributed by atoms with E-state index < -0.39 is 35.1 Å². The number of nitrogens with two attached hydrogens (primary N) is 1. The topological polar surface area (TPSA) is 114 Å². The van der Waals surface area contributed by atoms with Crippen LogP contribution in [0, 0.1) is 0 Å². The maximum atomic E-state index is 13.6. The van der Waals surface area contributed by atoms with Crippen molar-refractivity contribution in [1.29, 1.82) is 0 Å². The molecule has 12 heteroatoms. The Hall–Kier alpha value is -1.38. The number of carbonyl (C=O) groups is 1. The number of imidazole rings is 1. The van der Waals surface area contributed by atoms with Crippen molar-refractivity contribution in [2.24, 2.45) is 0 Å². The first kappa shape index (κ1) is 27.2. The zero-order valence-electron chi connectivity index (χ0n) is 21.9. The molecule has 190 valence electrons. The van der Waals surface area contributed by atoms with Crippen molar-refractivity contribution in [3.8, 4) is 0 Å². The first-order valence-electron chi connectivity index (χ1n) is 11.5. The average molecular weight is 528 g/mol. The van der Waals surface area contributed by atoms with Crippen LogP contribution in [0.15, 0.2) is 6.33 Å². The molecule has 0 spiro atoms. The average Bonchev–Trinajstić information content (AvgIpc) is 3.20. The summed E-state index contributed by atoms with van der Waals surface area (Å²) < 4.78 is 20.9. The fraction of sp³-hybridized carbons (Fsp3) is 0.727. The van der Waals surface area contributed by atoms with E-state index in [1.165, 1.54) is 0 Å². The summed E-state index contributed by atoms with van der Waals surface area (Å²) >= 11 is 6.23. The van der Waals surface area contributed by atoms with Crippen LogP contribution in [0.3, 0.4) is 0 Å². The van der Waals surface area contributed by atoms with E-state index in [0.29, 0.717) is 11.2 Å². The number of hydrogen-bond acceptors (Lipinski definition) is 8. The fourth-order valence-electron chi connectivity index (χ4n) is 3.16. The number of fused-ring (bicyclic) bond motifs is 1. The standard InChI is InChI=1S/C22H38ClN5O4Si2/c1-21(2,3)33(7,8)30-11-13-15(29)16(32-34(9,10)22(4,5)6)19(31-13)28-12-25-14-17(23)26-20(24)27-18(14)28/h12-13,16,19H,11H2,1-10H3,(H2,24,26,27)/t13-,16-,19-/m1/s1. The van der Waals surface area contributed by atoms with Crippen molar-refractivity contribution in [1.82, 2.24) is 19.5 Å². The summed E-state index contributed by atoms with van der Waals surface area (Å²) in [6.07, 6.45) is -0.825. The monoisotopic (exact) mass is 527 g/mol. The number of carbonyl (C=O) groups excluding carboxylic acids is 1. The van der Waals surface area contributed by atoms with E-state index >= 15 is 0 Å². The van der Waals surface area contributed by atoms with E-state index in [4.69, 9.17) is 30.9 Å². The maximum Gasteiger partial charge on any atom is 0.223 e. The van der Waals surface area contributed by atoms with Gasteiger partial charge in [0.25, 0.3) is 0 Å². The van der Waals surface area contributed by atoms with Crippen LogP contribution in [-0.2, 0) is 18.4 Å². The lowest BCUT2D eigenvalue weighted by Crippen LogP contribution is -2.48. The highest BCUT2D eigenvalue weighted by Crippen LogP contribution is 2.42. The quantitative estimate of drug-likeness (QED) is 0.415. The molecule has 0 unspecified atom stereocenters. The Labute approximate surface area is 209 Å². The minimum absolute atomic E-state index is 0.0108. The molecule has 3 atom stereocenters. The van der Waals surface area contributed by atoms with Crippen molar-refractivity contribution >= 4 is 51.1 Å². The van der Waals surface area contributed by atoms with Gasteiger partial charge in [0.15, 0.2) is 45.6 Å². The predicted molar refractivity (Wildman–Crippen MR) is 139 cm³/mol. The molecule has 1 saturated heterocycles. The van der Waals surface area contributed by atoms with Gasteiger partial charge in [-0.2, -0.15) is 9.97 Å². The van der Waals surface area contributed by atoms with Gasteiger partial charge < -0.3 is 19.3 Å². The van der Waals surface area contributed by atoms with Gasteiger partial charge in [-0.1, -0.05) is 53.1 Å². The smallest absolute Gasteiger partial charge is 0.223 e. The number of Topliss-reactive ketones (excluding diaryl/α,β-unsaturated/α-hetero) is 1. The van der Waals surface area contributed by atoms with E-state index in [1.54, 1.807) is 10.9 Å². The third-order valence-corrected chi connectivity index (χ3v) is 16.7. The molecule has 0 radical (unpaired) electrons. The van der Waals surface area contributed by atoms with E-state index in [2.05, 4.69) is 82.7 Å². The number of rotatable bonds is 6. The van der Waals surface area contributed by atoms with Gasteiger partial charge in [0, 0.05) is 0 Å². The molecule has 0 aliphatic carbocycles. The van der Waals surface area contributed by atoms with Crippen LogP contribution in [0.5, 0.6) is 0 Å². The Morgan fingerprint density at radius 2 is 1.68 bits per heavy atom. The number of halogens is 1. The zero-order chi connectivity index (χ0) is 25.9. The zero-order valence-corrected chi connectivity index (χ0v) is 24.6. The Balaban J connectivity index is 1.99. The van der Waals surface area contributed by atoms with E-state index in [1.807, 2.05) is 0 Å². The summed E-state index contributed by atoms with van der Waals surface area (Å²) in [4.78, 5) is 26.3. The molecular weight excluding hydrogens is 490 g/mol. The van der Waals surface area contributed by atoms with Crippen molar-refractivity contribution in [2.75, 3.05) is 12.3 Å². The van der Waals surface area contributed by atoms with Crippen molar-refractivity contribution in [3.05, 3.63) is 11.5 Å². The summed E-state index contributed by atoms with van der Waals surface area (Å²) in [5.74, 6) is -0.119. The number of anilines is 1. The molecule has 1 fully saturated rings. The lowest BCUT2D eigenvalue weighted by atomic mass is 10.2. The lowest BCUT2D eigenvalue weighted by Gasteiger charge is -2.38. The highest BCUT2D eigenvalue weighted by atomic mass is 35.5. The van der Waals surface area contributed by atoms with Gasteiger partial charge in [0.2, 0.25) is 5.95 Å². The minimum atomic E-state index is -2.32. The lowest BCUT2D eigenvalue weighted by molar-refractivity contribution is -0.127. The Kier molecular flexibility index (Phi) is 7.15. The molecule has 2 N–H and O–H groups in total. The number of ketones is 1. The Bertz CT molecular complexity index is 1080. The normalized spacial score (nSPS) is 22.7. The second kappa shape index (κ2) is 8.93. The van der Waals surface area contributed by atoms with Gasteiger partial charge in [-0.15, -0.1) is 0 Å². The van der Waals surface area contributed by atoms with Gasteiger partial charge in [0.1, 0.15) is 11.6 Å². The molecule has 34 heavy (non-hydrogen) atoms. The summed E-state index contributed by atoms with van der Waals surface area (Å²) in [7, 11) is -4.41. The van der Waals surface area contributed by atoms with Crippen molar-refractivity contribution < 1.29 is 18.4 Å². The highest BCUT2D eigenvalue weighted by Gasteiger charge is 2.51. The third-order valence-electron chi connectivity index (χ3n) is 7.46. The summed E-state index contributed by atoms with van der Waals surface area (Å²) in [6.45, 7) is 21.6. The largest absolute Gasteiger partial charge is 0.414 e. The summed E-state index contributed by atoms with van der Waals surface area (Å²) in [6, 6.07) is 0. The van der Waals surface area contributed by atoms with Crippen LogP contribution in [0.4, 0.5) is 5.95 Å². The molecular formula is C22H38ClN5O4Si2. The Morgan fingerprint density at radius 3 is 2.24 bits per heavy atom. The van der Waals surface area contributed by atoms with Gasteiger partial charge >= 0.3 is 0 Å². The van der Waals surface area contributed by atoms with E-state index in [9.17, 15) is 4.79 Å². The molecule has 0 aromatic carbocycles. The predicted octanol–water partition coefficient (Wildman–Crippen LogP) is 4.94. The SMILES string of the molecule is CC(C)(C)[Si](C)(C)OC[C@H]1O[C@@H](n2cnc3c(Cl)nc(N)nc32)[C@H](O[Si](C)(C)C(C)(C)C)C1=O. The minimum Gasteiger partial charge on any atom is -0.414 e. The van der Waals surface area contributed by atoms with Crippen molar-refractivity contribution in [3.63, 3.8) is 0 Å². The number of ether oxygens (including phenoxy) is 1. The maximum absolute atomic E-state index is 13.6. The summed E-state index contributed by atoms with van der Waals surface area (Å²) in [5, 5.41) is 0.0577. The van der Waals surface area contributed by atoms with Gasteiger partial charge in [-0.05, 0) is 36.3 Å². The fourth-order valence-corrected chi connectivity index (χ4v) is 5.60. The molecule has 3 rings (SSSR count). The van der Waals surface area contributed by atoms with E-state index in [0.717, 1.165) is 0 Å². The molecule has 2 aromatic rings. The highest BCUT2D eigenvalue weighted by molar-refractivity contribution is 6.74. The molecule has 0 amide bonds. The second-order valence-corrected chi connectivity index (χ2v) is 21.9. The molecule has 0 bridgehead atoms. The first-order chi connectivity index (χ1) is 15.4. The molecule has 0 saturated carbocycles. The van der Waals surface area contributed by atoms with Crippen LogP contribution in [-0.4, -0.2) is 60.8 Å². The number of hydrogen-bond donors (Lipinski definition) is 1. The summed E-state index contributed by atoms with van der Waals surface area (Å²) in [5.41, 5.74) is 6.62. The molecule has 3 heterocycles. The van der Waals surface area contributed by atoms with E-state index in [-0.39, 0.29) is 33.6 Å². The molecule has 9 nitrogen and oxygen atoms in total. The third kappa shape index (κ3) is 5.10. The van der Waals surface area contributed by atoms with Crippen molar-refractivity contribution in [2.45, 2.75) is 96.2 Å². The number of nitrogens with zero attached hydrogens (tertiary/aromatic N) is 4. The van der Waals surface area contributed by atoms with Gasteiger partial charge in [-0.25, -0.2) is 4.98 Å². The first-order valence-corrected chi connectivity index (χ1v) is 17.7. The second-order valence-electron chi connectivity index (χ2n) is 12.0. The molecule has 1 aliphatic heterocycles. The van der Waals surface area contributed by atoms with Crippen LogP contribution in [0.2, 0.25) is 41.4 Å². The van der Waals surface area contributed by atoms with Crippen LogP contribution < -0.4 is 5.73 Å². The van der Waals surface area contributed by atoms with Gasteiger partial charge in [-0.3, -0.25) is 9.36 Å². The molecule has 1 aliphatic rings. The Morgan fingerprint density at radius 1 is 1.09 bits per heavy atom.